The van der Waals surface area contributed by atoms with Crippen LogP contribution in [-0.4, -0.2) is 46.9 Å². The first-order chi connectivity index (χ1) is 19.5. The molecule has 0 spiro atoms. The second-order valence-electron chi connectivity index (χ2n) is 8.75. The molecule has 1 aromatic carbocycles. The maximum atomic E-state index is 13.8. The van der Waals surface area contributed by atoms with Gasteiger partial charge in [-0.2, -0.15) is 13.2 Å². The third kappa shape index (κ3) is 6.85. The van der Waals surface area contributed by atoms with Crippen molar-refractivity contribution >= 4 is 35.2 Å². The summed E-state index contributed by atoms with van der Waals surface area (Å²) in [6, 6.07) is 7.48. The van der Waals surface area contributed by atoms with Gasteiger partial charge in [-0.1, -0.05) is 18.4 Å². The van der Waals surface area contributed by atoms with Gasteiger partial charge in [0.05, 0.1) is 12.1 Å². The zero-order chi connectivity index (χ0) is 29.7. The van der Waals surface area contributed by atoms with Gasteiger partial charge in [0.15, 0.2) is 0 Å². The molecule has 1 atom stereocenters. The fourth-order valence-corrected chi connectivity index (χ4v) is 3.97. The molecule has 210 valence electrons. The number of pyridine rings is 2. The van der Waals surface area contributed by atoms with Gasteiger partial charge in [0.25, 0.3) is 5.91 Å². The highest BCUT2D eigenvalue weighted by atomic mass is 19.4. The summed E-state index contributed by atoms with van der Waals surface area (Å²) in [4.78, 5) is 48.2. The molecule has 4 amide bonds. The average molecular weight is 567 g/mol. The highest BCUT2D eigenvalue weighted by molar-refractivity contribution is 6.08. The van der Waals surface area contributed by atoms with Crippen LogP contribution >= 0.6 is 0 Å². The molecule has 4 rings (SSSR count). The van der Waals surface area contributed by atoms with Gasteiger partial charge in [-0.3, -0.25) is 19.4 Å². The highest BCUT2D eigenvalue weighted by Gasteiger charge is 2.41. The lowest BCUT2D eigenvalue weighted by Crippen LogP contribution is -2.48. The Morgan fingerprint density at radius 2 is 1.95 bits per heavy atom. The number of nitrogens with one attached hydrogen (secondary N) is 2. The van der Waals surface area contributed by atoms with Gasteiger partial charge in [0.2, 0.25) is 5.91 Å². The summed E-state index contributed by atoms with van der Waals surface area (Å²) in [6.07, 6.45) is -2.20. The predicted molar refractivity (Wildman–Crippen MR) is 142 cm³/mol. The number of rotatable bonds is 6. The number of hydrogen-bond donors (Lipinski definition) is 2. The van der Waals surface area contributed by atoms with E-state index in [0.717, 1.165) is 29.2 Å². The normalized spacial score (nSPS) is 14.5. The number of aromatic nitrogens is 2. The number of carbonyl (C=O) groups excluding carboxylic acids is 3. The molecule has 0 saturated carbocycles. The Morgan fingerprint density at radius 3 is 2.63 bits per heavy atom. The zero-order valence-electron chi connectivity index (χ0n) is 21.5. The molecule has 0 aliphatic carbocycles. The van der Waals surface area contributed by atoms with Crippen molar-refractivity contribution in [2.24, 2.45) is 0 Å². The van der Waals surface area contributed by atoms with Crippen LogP contribution in [0.25, 0.3) is 0 Å². The van der Waals surface area contributed by atoms with Crippen LogP contribution in [0.2, 0.25) is 0 Å². The monoisotopic (exact) mass is 566 g/mol. The zero-order valence-corrected chi connectivity index (χ0v) is 21.5. The topological polar surface area (TPSA) is 108 Å². The van der Waals surface area contributed by atoms with E-state index in [0.29, 0.717) is 11.6 Å². The molecule has 0 radical (unpaired) electrons. The SMILES string of the molecule is C=CC(=O)Nc1cc(C#CCN(C(=O)[C@@H]2CNC(=O)N2c2cc(C(F)(F)F)cc(C)n2)c2ccc(F)cc2)ccn1. The lowest BCUT2D eigenvalue weighted by molar-refractivity contribution is -0.137. The highest BCUT2D eigenvalue weighted by Crippen LogP contribution is 2.33. The average Bonchev–Trinajstić information content (AvgIpc) is 3.32. The van der Waals surface area contributed by atoms with Gasteiger partial charge >= 0.3 is 12.2 Å². The number of halogens is 4. The van der Waals surface area contributed by atoms with Crippen molar-refractivity contribution < 1.29 is 31.9 Å². The maximum absolute atomic E-state index is 13.8. The number of benzene rings is 1. The molecule has 0 bridgehead atoms. The Kier molecular flexibility index (Phi) is 8.32. The molecule has 1 aliphatic heterocycles. The Bertz CT molecular complexity index is 1560. The minimum Gasteiger partial charge on any atom is -0.335 e. The molecular formula is C28H22F4N6O3. The summed E-state index contributed by atoms with van der Waals surface area (Å²) < 4.78 is 54.0. The number of urea groups is 1. The van der Waals surface area contributed by atoms with Crippen LogP contribution in [0.15, 0.2) is 67.4 Å². The van der Waals surface area contributed by atoms with E-state index in [4.69, 9.17) is 0 Å². The van der Waals surface area contributed by atoms with E-state index in [9.17, 15) is 31.9 Å². The molecule has 2 aromatic heterocycles. The number of aryl methyl sites for hydroxylation is 1. The number of carbonyl (C=O) groups is 3. The number of alkyl halides is 3. The second-order valence-corrected chi connectivity index (χ2v) is 8.75. The van der Waals surface area contributed by atoms with Gasteiger partial charge in [0.1, 0.15) is 23.5 Å². The summed E-state index contributed by atoms with van der Waals surface area (Å²) in [7, 11) is 0. The van der Waals surface area contributed by atoms with Crippen LogP contribution < -0.4 is 20.4 Å². The van der Waals surface area contributed by atoms with Gasteiger partial charge in [-0.15, -0.1) is 0 Å². The fraction of sp³-hybridized carbons (Fsp3) is 0.179. The standard InChI is InChI=1S/C28H22F4N6O3/c1-3-25(39)36-23-14-18(10-11-33-23)5-4-12-37(21-8-6-20(29)7-9-21)26(40)22-16-34-27(41)38(22)24-15-19(28(30,31)32)13-17(2)35-24/h3,6-11,13-15,22H,1,12,16H2,2H3,(H,34,41)(H,33,36,39)/t22-/m0/s1. The summed E-state index contributed by atoms with van der Waals surface area (Å²) in [5.41, 5.74) is -0.322. The molecule has 13 heteroatoms. The minimum absolute atomic E-state index is 0.00276. The van der Waals surface area contributed by atoms with Crippen LogP contribution in [-0.2, 0) is 15.8 Å². The third-order valence-electron chi connectivity index (χ3n) is 5.85. The van der Waals surface area contributed by atoms with Crippen molar-refractivity contribution in [3.8, 4) is 11.8 Å². The van der Waals surface area contributed by atoms with E-state index in [1.807, 2.05) is 0 Å². The number of hydrogen-bond acceptors (Lipinski definition) is 5. The largest absolute Gasteiger partial charge is 0.416 e. The van der Waals surface area contributed by atoms with Crippen molar-refractivity contribution in [2.75, 3.05) is 28.2 Å². The molecule has 0 unspecified atom stereocenters. The van der Waals surface area contributed by atoms with E-state index in [-0.39, 0.29) is 36.1 Å². The van der Waals surface area contributed by atoms with Crippen LogP contribution in [0.4, 0.5) is 39.7 Å². The van der Waals surface area contributed by atoms with E-state index >= 15 is 0 Å². The maximum Gasteiger partial charge on any atom is 0.416 e. The Balaban J connectivity index is 1.66. The summed E-state index contributed by atoms with van der Waals surface area (Å²) in [5, 5.41) is 4.98. The number of anilines is 3. The van der Waals surface area contributed by atoms with Gasteiger partial charge < -0.3 is 10.6 Å². The first kappa shape index (κ1) is 28.8. The van der Waals surface area contributed by atoms with E-state index < -0.39 is 41.4 Å². The molecule has 1 saturated heterocycles. The lowest BCUT2D eigenvalue weighted by Gasteiger charge is -2.28. The molecule has 3 heterocycles. The Labute approximate surface area is 231 Å². The molecule has 1 fully saturated rings. The molecule has 9 nitrogen and oxygen atoms in total. The molecule has 41 heavy (non-hydrogen) atoms. The first-order valence-corrected chi connectivity index (χ1v) is 12.0. The lowest BCUT2D eigenvalue weighted by atomic mass is 10.1. The van der Waals surface area contributed by atoms with Crippen LogP contribution in [0, 0.1) is 24.6 Å². The number of nitrogens with zero attached hydrogens (tertiary/aromatic N) is 4. The van der Waals surface area contributed by atoms with Crippen LogP contribution in [0.1, 0.15) is 16.8 Å². The summed E-state index contributed by atoms with van der Waals surface area (Å²) in [6.45, 7) is 4.27. The van der Waals surface area contributed by atoms with E-state index in [2.05, 4.69) is 39.0 Å². The van der Waals surface area contributed by atoms with Crippen LogP contribution in [0.5, 0.6) is 0 Å². The van der Waals surface area contributed by atoms with Crippen molar-refractivity contribution in [1.82, 2.24) is 15.3 Å². The molecule has 1 aliphatic rings. The van der Waals surface area contributed by atoms with Crippen molar-refractivity contribution in [2.45, 2.75) is 19.1 Å². The minimum atomic E-state index is -4.70. The fourth-order valence-electron chi connectivity index (χ4n) is 3.97. The second kappa shape index (κ2) is 11.9. The Hall–Kier alpha value is -5.25. The first-order valence-electron chi connectivity index (χ1n) is 12.0. The smallest absolute Gasteiger partial charge is 0.335 e. The third-order valence-corrected chi connectivity index (χ3v) is 5.85. The van der Waals surface area contributed by atoms with Gasteiger partial charge in [0, 0.05) is 29.7 Å². The van der Waals surface area contributed by atoms with Crippen molar-refractivity contribution in [3.63, 3.8) is 0 Å². The Morgan fingerprint density at radius 1 is 1.22 bits per heavy atom. The molecule has 2 N–H and O–H groups in total. The van der Waals surface area contributed by atoms with E-state index in [1.54, 1.807) is 6.07 Å². The summed E-state index contributed by atoms with van der Waals surface area (Å²) in [5.74, 6) is 3.85. The van der Waals surface area contributed by atoms with Crippen LogP contribution in [0.3, 0.4) is 0 Å². The van der Waals surface area contributed by atoms with Gasteiger partial charge in [-0.05, 0) is 61.5 Å². The summed E-state index contributed by atoms with van der Waals surface area (Å²) >= 11 is 0. The molecule has 3 aromatic rings. The van der Waals surface area contributed by atoms with Crippen molar-refractivity contribution in [3.05, 3.63) is 90.0 Å². The van der Waals surface area contributed by atoms with E-state index in [1.165, 1.54) is 36.2 Å². The molecular weight excluding hydrogens is 544 g/mol. The van der Waals surface area contributed by atoms with Gasteiger partial charge in [-0.25, -0.2) is 19.2 Å². The number of amides is 4. The predicted octanol–water partition coefficient (Wildman–Crippen LogP) is 4.05. The quantitative estimate of drug-likeness (QED) is 0.266. The van der Waals surface area contributed by atoms with Crippen molar-refractivity contribution in [1.29, 1.82) is 0 Å².